The van der Waals surface area contributed by atoms with Crippen molar-refractivity contribution in [3.8, 4) is 0 Å². The highest BCUT2D eigenvalue weighted by atomic mass is 16.3. The van der Waals surface area contributed by atoms with Crippen molar-refractivity contribution >= 4 is 6.29 Å². The molecule has 0 saturated heterocycles. The number of aliphatic hydroxyl groups is 1. The van der Waals surface area contributed by atoms with Crippen molar-refractivity contribution in [3.63, 3.8) is 0 Å². The number of nitrogens with zero attached hydrogens (tertiary/aromatic N) is 1. The first-order chi connectivity index (χ1) is 10.5. The first-order valence-corrected chi connectivity index (χ1v) is 7.63. The second-order valence-electron chi connectivity index (χ2n) is 5.52. The molecule has 1 aromatic carbocycles. The van der Waals surface area contributed by atoms with Crippen molar-refractivity contribution in [2.24, 2.45) is 11.6 Å². The van der Waals surface area contributed by atoms with E-state index in [1.165, 1.54) is 0 Å². The lowest BCUT2D eigenvalue weighted by atomic mass is 9.89. The van der Waals surface area contributed by atoms with Gasteiger partial charge in [-0.2, -0.15) is 0 Å². The number of nitrogens with two attached hydrogens (primary N) is 2. The van der Waals surface area contributed by atoms with E-state index >= 15 is 0 Å². The molecule has 0 aromatic heterocycles. The minimum atomic E-state index is 0.00809. The van der Waals surface area contributed by atoms with Gasteiger partial charge in [-0.1, -0.05) is 18.2 Å². The van der Waals surface area contributed by atoms with Crippen LogP contribution >= 0.6 is 0 Å². The summed E-state index contributed by atoms with van der Waals surface area (Å²) in [6, 6.07) is 5.98. The van der Waals surface area contributed by atoms with Crippen LogP contribution in [0.25, 0.3) is 0 Å². The molecule has 0 aliphatic carbocycles. The van der Waals surface area contributed by atoms with Crippen LogP contribution < -0.4 is 11.6 Å². The van der Waals surface area contributed by atoms with Crippen LogP contribution in [0.3, 0.4) is 0 Å². The third-order valence-electron chi connectivity index (χ3n) is 3.87. The Balaban J connectivity index is 2.81. The van der Waals surface area contributed by atoms with Crippen LogP contribution in [0.4, 0.5) is 0 Å². The van der Waals surface area contributed by atoms with Crippen molar-refractivity contribution in [1.82, 2.24) is 5.01 Å². The second kappa shape index (κ2) is 9.23. The van der Waals surface area contributed by atoms with Gasteiger partial charge in [0.25, 0.3) is 0 Å². The summed E-state index contributed by atoms with van der Waals surface area (Å²) in [5, 5.41) is 10.9. The van der Waals surface area contributed by atoms with Crippen LogP contribution in [-0.2, 0) is 11.4 Å². The van der Waals surface area contributed by atoms with Gasteiger partial charge in [-0.15, -0.1) is 0 Å². The smallest absolute Gasteiger partial charge is 0.120 e. The molecule has 0 saturated carbocycles. The van der Waals surface area contributed by atoms with E-state index < -0.39 is 0 Å². The van der Waals surface area contributed by atoms with Gasteiger partial charge in [0.15, 0.2) is 0 Å². The minimum Gasteiger partial charge on any atom is -0.401 e. The summed E-state index contributed by atoms with van der Waals surface area (Å²) in [6.07, 6.45) is 4.55. The topological polar surface area (TPSA) is 92.6 Å². The Hall–Kier alpha value is -1.85. The summed E-state index contributed by atoms with van der Waals surface area (Å²) < 4.78 is 0. The molecule has 5 heteroatoms. The molecule has 0 bridgehead atoms. The highest BCUT2D eigenvalue weighted by Gasteiger charge is 2.13. The molecular weight excluding hydrogens is 278 g/mol. The highest BCUT2D eigenvalue weighted by molar-refractivity contribution is 5.52. The van der Waals surface area contributed by atoms with Gasteiger partial charge < -0.3 is 20.6 Å². The number of carbonyl (C=O) groups excluding carboxylic acids is 1. The first-order valence-electron chi connectivity index (χ1n) is 7.63. The van der Waals surface area contributed by atoms with Crippen LogP contribution in [0.2, 0.25) is 0 Å². The quantitative estimate of drug-likeness (QED) is 0.368. The van der Waals surface area contributed by atoms with Crippen LogP contribution in [0.1, 0.15) is 48.8 Å². The second-order valence-corrected chi connectivity index (χ2v) is 5.52. The SMILES string of the molecule is CCN(N)/C=C(\N)CCC(CC=O)c1ccc(C)c(CO)c1. The number of benzene rings is 1. The zero-order chi connectivity index (χ0) is 16.5. The van der Waals surface area contributed by atoms with Crippen molar-refractivity contribution in [2.75, 3.05) is 6.54 Å². The lowest BCUT2D eigenvalue weighted by Gasteiger charge is -2.18. The van der Waals surface area contributed by atoms with Gasteiger partial charge in [-0.3, -0.25) is 0 Å². The molecular formula is C17H27N3O2. The lowest BCUT2D eigenvalue weighted by molar-refractivity contribution is -0.108. The number of rotatable bonds is 9. The zero-order valence-corrected chi connectivity index (χ0v) is 13.5. The molecule has 0 aliphatic heterocycles. The zero-order valence-electron chi connectivity index (χ0n) is 13.5. The number of hydrogen-bond donors (Lipinski definition) is 3. The third kappa shape index (κ3) is 5.50. The van der Waals surface area contributed by atoms with Crippen molar-refractivity contribution in [3.05, 3.63) is 46.8 Å². The van der Waals surface area contributed by atoms with E-state index in [4.69, 9.17) is 11.6 Å². The van der Waals surface area contributed by atoms with Gasteiger partial charge in [0.1, 0.15) is 6.29 Å². The minimum absolute atomic E-state index is 0.00809. The van der Waals surface area contributed by atoms with E-state index in [-0.39, 0.29) is 12.5 Å². The van der Waals surface area contributed by atoms with E-state index in [1.54, 1.807) is 11.2 Å². The monoisotopic (exact) mass is 305 g/mol. The van der Waals surface area contributed by atoms with Gasteiger partial charge in [0.2, 0.25) is 0 Å². The number of hydrogen-bond acceptors (Lipinski definition) is 5. The maximum Gasteiger partial charge on any atom is 0.120 e. The van der Waals surface area contributed by atoms with E-state index in [2.05, 4.69) is 0 Å². The Morgan fingerprint density at radius 3 is 2.77 bits per heavy atom. The fourth-order valence-electron chi connectivity index (χ4n) is 2.36. The summed E-state index contributed by atoms with van der Waals surface area (Å²) in [6.45, 7) is 4.61. The molecule has 0 heterocycles. The third-order valence-corrected chi connectivity index (χ3v) is 3.87. The van der Waals surface area contributed by atoms with Crippen LogP contribution in [0.5, 0.6) is 0 Å². The molecule has 1 atom stereocenters. The summed E-state index contributed by atoms with van der Waals surface area (Å²) in [5.41, 5.74) is 9.68. The largest absolute Gasteiger partial charge is 0.401 e. The van der Waals surface area contributed by atoms with Gasteiger partial charge in [0, 0.05) is 24.9 Å². The molecule has 5 nitrogen and oxygen atoms in total. The Bertz CT molecular complexity index is 515. The van der Waals surface area contributed by atoms with E-state index in [9.17, 15) is 9.90 Å². The predicted octanol–water partition coefficient (Wildman–Crippen LogP) is 1.94. The number of aryl methyl sites for hydroxylation is 1. The predicted molar refractivity (Wildman–Crippen MR) is 88.6 cm³/mol. The fourth-order valence-corrected chi connectivity index (χ4v) is 2.36. The molecule has 122 valence electrons. The summed E-state index contributed by atoms with van der Waals surface area (Å²) in [4.78, 5) is 11.0. The molecule has 0 radical (unpaired) electrons. The maximum absolute atomic E-state index is 11.0. The van der Waals surface area contributed by atoms with Crippen molar-refractivity contribution < 1.29 is 9.90 Å². The molecule has 1 aromatic rings. The Labute approximate surface area is 132 Å². The van der Waals surface area contributed by atoms with Gasteiger partial charge in [-0.25, -0.2) is 5.84 Å². The van der Waals surface area contributed by atoms with Crippen LogP contribution in [0.15, 0.2) is 30.1 Å². The van der Waals surface area contributed by atoms with Crippen molar-refractivity contribution in [1.29, 1.82) is 0 Å². The average Bonchev–Trinajstić information content (AvgIpc) is 2.51. The molecule has 5 N–H and O–H groups in total. The molecule has 0 aliphatic rings. The standard InChI is InChI=1S/C17H27N3O2/c1-3-20(19)11-17(18)7-6-14(8-9-21)15-5-4-13(2)16(10-15)12-22/h4-5,9-11,14,22H,3,6-8,12,18-19H2,1-2H3/b17-11-. The maximum atomic E-state index is 11.0. The molecule has 1 rings (SSSR count). The summed E-state index contributed by atoms with van der Waals surface area (Å²) >= 11 is 0. The molecule has 22 heavy (non-hydrogen) atoms. The average molecular weight is 305 g/mol. The number of hydrazine groups is 1. The molecule has 0 amide bonds. The molecule has 0 spiro atoms. The Morgan fingerprint density at radius 1 is 1.45 bits per heavy atom. The van der Waals surface area contributed by atoms with Gasteiger partial charge in [-0.05, 0) is 49.3 Å². The van der Waals surface area contributed by atoms with Gasteiger partial charge in [0.05, 0.1) is 6.61 Å². The number of aldehydes is 1. The van der Waals surface area contributed by atoms with E-state index in [0.29, 0.717) is 25.1 Å². The molecule has 1 unspecified atom stereocenters. The number of aliphatic hydroxyl groups excluding tert-OH is 1. The normalized spacial score (nSPS) is 13.0. The summed E-state index contributed by atoms with van der Waals surface area (Å²) in [7, 11) is 0. The van der Waals surface area contributed by atoms with Crippen LogP contribution in [-0.4, -0.2) is 22.9 Å². The summed E-state index contributed by atoms with van der Waals surface area (Å²) in [5.74, 6) is 5.80. The number of allylic oxidation sites excluding steroid dienone is 1. The van der Waals surface area contributed by atoms with E-state index in [0.717, 1.165) is 29.4 Å². The van der Waals surface area contributed by atoms with Crippen LogP contribution in [0, 0.1) is 6.92 Å². The van der Waals surface area contributed by atoms with Gasteiger partial charge >= 0.3 is 0 Å². The number of carbonyl (C=O) groups is 1. The van der Waals surface area contributed by atoms with E-state index in [1.807, 2.05) is 32.0 Å². The first kappa shape index (κ1) is 18.2. The Kier molecular flexibility index (Phi) is 7.63. The lowest BCUT2D eigenvalue weighted by Crippen LogP contribution is -2.26. The fraction of sp³-hybridized carbons (Fsp3) is 0.471. The van der Waals surface area contributed by atoms with Crippen molar-refractivity contribution in [2.45, 2.75) is 45.6 Å². The molecule has 0 fully saturated rings. The Morgan fingerprint density at radius 2 is 2.18 bits per heavy atom. The highest BCUT2D eigenvalue weighted by Crippen LogP contribution is 2.27.